The average Bonchev–Trinajstić information content (AvgIpc) is 2.89. The summed E-state index contributed by atoms with van der Waals surface area (Å²) in [6.45, 7) is 0.296. The van der Waals surface area contributed by atoms with Crippen LogP contribution in [0.25, 0.3) is 0 Å². The Hall–Kier alpha value is -2.28. The van der Waals surface area contributed by atoms with E-state index in [1.54, 1.807) is 6.07 Å². The van der Waals surface area contributed by atoms with Crippen LogP contribution >= 0.6 is 0 Å². The van der Waals surface area contributed by atoms with Crippen molar-refractivity contribution in [3.8, 4) is 11.5 Å². The van der Waals surface area contributed by atoms with E-state index >= 15 is 0 Å². The number of ether oxygens (including phenoxy) is 2. The second kappa shape index (κ2) is 6.65. The summed E-state index contributed by atoms with van der Waals surface area (Å²) in [7, 11) is 2.99. The molecule has 0 spiro atoms. The highest BCUT2D eigenvalue weighted by molar-refractivity contribution is 5.97. The highest BCUT2D eigenvalue weighted by Crippen LogP contribution is 2.29. The Labute approximate surface area is 128 Å². The number of phenols is 1. The standard InChI is InChI=1S/C15H19NO6/c1-21-10-3-4-13(17)12(7-10)15(20)16-8-11(22-2)5-9(16)6-14(18)19/h3-4,7,9,11,17H,5-6,8H2,1-2H3,(H,18,19). The average molecular weight is 309 g/mol. The molecule has 0 radical (unpaired) electrons. The van der Waals surface area contributed by atoms with Gasteiger partial charge in [0.1, 0.15) is 11.5 Å². The summed E-state index contributed by atoms with van der Waals surface area (Å²) in [5, 5.41) is 18.9. The molecule has 2 rings (SSSR count). The topological polar surface area (TPSA) is 96.3 Å². The lowest BCUT2D eigenvalue weighted by molar-refractivity contribution is -0.137. The monoisotopic (exact) mass is 309 g/mol. The Morgan fingerprint density at radius 2 is 2.09 bits per heavy atom. The lowest BCUT2D eigenvalue weighted by Gasteiger charge is -2.23. The van der Waals surface area contributed by atoms with Crippen LogP contribution in [-0.2, 0) is 9.53 Å². The molecule has 1 aliphatic heterocycles. The second-order valence-corrected chi connectivity index (χ2v) is 5.19. The van der Waals surface area contributed by atoms with Gasteiger partial charge in [-0.15, -0.1) is 0 Å². The number of carboxylic acids is 1. The maximum absolute atomic E-state index is 12.7. The van der Waals surface area contributed by atoms with E-state index in [9.17, 15) is 14.7 Å². The zero-order valence-corrected chi connectivity index (χ0v) is 12.5. The molecule has 1 aromatic rings. The van der Waals surface area contributed by atoms with Gasteiger partial charge in [0.25, 0.3) is 5.91 Å². The molecule has 2 unspecified atom stereocenters. The molecule has 2 N–H and O–H groups in total. The third-order valence-electron chi connectivity index (χ3n) is 3.81. The summed E-state index contributed by atoms with van der Waals surface area (Å²) >= 11 is 0. The fourth-order valence-corrected chi connectivity index (χ4v) is 2.66. The predicted molar refractivity (Wildman–Crippen MR) is 77.2 cm³/mol. The third-order valence-corrected chi connectivity index (χ3v) is 3.81. The summed E-state index contributed by atoms with van der Waals surface area (Å²) < 4.78 is 10.3. The van der Waals surface area contributed by atoms with Crippen LogP contribution in [0.15, 0.2) is 18.2 Å². The summed E-state index contributed by atoms with van der Waals surface area (Å²) in [5.41, 5.74) is 0.0893. The lowest BCUT2D eigenvalue weighted by Crippen LogP contribution is -2.37. The number of aromatic hydroxyl groups is 1. The van der Waals surface area contributed by atoms with E-state index in [-0.39, 0.29) is 23.8 Å². The first-order chi connectivity index (χ1) is 10.5. The van der Waals surface area contributed by atoms with E-state index in [2.05, 4.69) is 0 Å². The Kier molecular flexibility index (Phi) is 4.87. The lowest BCUT2D eigenvalue weighted by atomic mass is 10.1. The van der Waals surface area contributed by atoms with Crippen molar-refractivity contribution < 1.29 is 29.3 Å². The smallest absolute Gasteiger partial charge is 0.305 e. The van der Waals surface area contributed by atoms with Gasteiger partial charge in [-0.05, 0) is 24.6 Å². The van der Waals surface area contributed by atoms with Gasteiger partial charge < -0.3 is 24.6 Å². The first-order valence-electron chi connectivity index (χ1n) is 6.88. The number of hydrogen-bond donors (Lipinski definition) is 2. The van der Waals surface area contributed by atoms with Crippen molar-refractivity contribution >= 4 is 11.9 Å². The van der Waals surface area contributed by atoms with Crippen molar-refractivity contribution in [2.24, 2.45) is 0 Å². The van der Waals surface area contributed by atoms with Gasteiger partial charge in [-0.3, -0.25) is 9.59 Å². The number of methoxy groups -OCH3 is 2. The van der Waals surface area contributed by atoms with Gasteiger partial charge >= 0.3 is 5.97 Å². The summed E-state index contributed by atoms with van der Waals surface area (Å²) in [6.07, 6.45) is 0.0938. The number of aliphatic carboxylic acids is 1. The van der Waals surface area contributed by atoms with Crippen molar-refractivity contribution in [3.63, 3.8) is 0 Å². The van der Waals surface area contributed by atoms with Crippen molar-refractivity contribution in [1.29, 1.82) is 0 Å². The molecule has 1 aliphatic rings. The normalized spacial score (nSPS) is 20.9. The van der Waals surface area contributed by atoms with Crippen molar-refractivity contribution in [1.82, 2.24) is 4.90 Å². The first-order valence-corrected chi connectivity index (χ1v) is 6.88. The van der Waals surface area contributed by atoms with E-state index in [0.29, 0.717) is 18.7 Å². The van der Waals surface area contributed by atoms with Crippen LogP contribution in [0.2, 0.25) is 0 Å². The Balaban J connectivity index is 2.27. The number of phenolic OH excluding ortho intramolecular Hbond substituents is 1. The number of nitrogens with zero attached hydrogens (tertiary/aromatic N) is 1. The van der Waals surface area contributed by atoms with E-state index < -0.39 is 17.9 Å². The SMILES string of the molecule is COc1ccc(O)c(C(=O)N2CC(OC)CC2CC(=O)O)c1. The van der Waals surface area contributed by atoms with E-state index in [0.717, 1.165) is 0 Å². The molecule has 1 amide bonds. The summed E-state index contributed by atoms with van der Waals surface area (Å²) in [6, 6.07) is 3.90. The maximum atomic E-state index is 12.7. The van der Waals surface area contributed by atoms with Gasteiger partial charge in [0.2, 0.25) is 0 Å². The van der Waals surface area contributed by atoms with Crippen LogP contribution in [0.4, 0.5) is 0 Å². The number of carbonyl (C=O) groups excluding carboxylic acids is 1. The van der Waals surface area contributed by atoms with Gasteiger partial charge in [-0.25, -0.2) is 0 Å². The van der Waals surface area contributed by atoms with Crippen LogP contribution in [-0.4, -0.2) is 59.9 Å². The minimum absolute atomic E-state index is 0.0893. The van der Waals surface area contributed by atoms with Crippen LogP contribution in [0.5, 0.6) is 11.5 Å². The van der Waals surface area contributed by atoms with Gasteiger partial charge in [0.15, 0.2) is 0 Å². The molecule has 1 saturated heterocycles. The highest BCUT2D eigenvalue weighted by atomic mass is 16.5. The van der Waals surface area contributed by atoms with Gasteiger partial charge in [0, 0.05) is 19.7 Å². The first kappa shape index (κ1) is 16.1. The fraction of sp³-hybridized carbons (Fsp3) is 0.467. The summed E-state index contributed by atoms with van der Waals surface area (Å²) in [4.78, 5) is 25.1. The Morgan fingerprint density at radius 1 is 1.36 bits per heavy atom. The number of likely N-dealkylation sites (tertiary alicyclic amines) is 1. The summed E-state index contributed by atoms with van der Waals surface area (Å²) in [5.74, 6) is -1.13. The third kappa shape index (κ3) is 3.30. The second-order valence-electron chi connectivity index (χ2n) is 5.19. The zero-order valence-electron chi connectivity index (χ0n) is 12.5. The van der Waals surface area contributed by atoms with Crippen molar-refractivity contribution in [2.45, 2.75) is 25.0 Å². The number of benzene rings is 1. The number of hydrogen-bond acceptors (Lipinski definition) is 5. The quantitative estimate of drug-likeness (QED) is 0.845. The van der Waals surface area contributed by atoms with E-state index in [1.165, 1.54) is 31.3 Å². The van der Waals surface area contributed by atoms with Crippen LogP contribution in [0.3, 0.4) is 0 Å². The molecule has 0 aromatic heterocycles. The Bertz CT molecular complexity index is 573. The van der Waals surface area contributed by atoms with Crippen molar-refractivity contribution in [2.75, 3.05) is 20.8 Å². The number of amides is 1. The number of carbonyl (C=O) groups is 2. The van der Waals surface area contributed by atoms with Gasteiger partial charge in [-0.2, -0.15) is 0 Å². The molecule has 0 aliphatic carbocycles. The molecule has 2 atom stereocenters. The molecule has 1 heterocycles. The van der Waals surface area contributed by atoms with Crippen LogP contribution in [0.1, 0.15) is 23.2 Å². The minimum Gasteiger partial charge on any atom is -0.507 e. The molecular formula is C15H19NO6. The van der Waals surface area contributed by atoms with E-state index in [4.69, 9.17) is 14.6 Å². The molecule has 1 aromatic carbocycles. The van der Waals surface area contributed by atoms with E-state index in [1.807, 2.05) is 0 Å². The zero-order chi connectivity index (χ0) is 16.3. The van der Waals surface area contributed by atoms with Gasteiger partial charge in [-0.1, -0.05) is 0 Å². The molecular weight excluding hydrogens is 290 g/mol. The molecule has 7 nitrogen and oxygen atoms in total. The van der Waals surface area contributed by atoms with Crippen LogP contribution in [0, 0.1) is 0 Å². The molecule has 0 bridgehead atoms. The van der Waals surface area contributed by atoms with Gasteiger partial charge in [0.05, 0.1) is 25.2 Å². The molecule has 0 saturated carbocycles. The molecule has 1 fully saturated rings. The largest absolute Gasteiger partial charge is 0.507 e. The molecule has 120 valence electrons. The highest BCUT2D eigenvalue weighted by Gasteiger charge is 2.37. The van der Waals surface area contributed by atoms with Crippen molar-refractivity contribution in [3.05, 3.63) is 23.8 Å². The number of carboxylic acid groups (broad SMARTS) is 1. The predicted octanol–water partition coefficient (Wildman–Crippen LogP) is 1.10. The maximum Gasteiger partial charge on any atom is 0.305 e. The molecule has 22 heavy (non-hydrogen) atoms. The molecule has 7 heteroatoms. The minimum atomic E-state index is -0.977. The fourth-order valence-electron chi connectivity index (χ4n) is 2.66. The Morgan fingerprint density at radius 3 is 2.68 bits per heavy atom. The van der Waals surface area contributed by atoms with Crippen LogP contribution < -0.4 is 4.74 Å². The number of rotatable bonds is 5.